The van der Waals surface area contributed by atoms with Crippen molar-refractivity contribution in [2.45, 2.75) is 13.3 Å². The van der Waals surface area contributed by atoms with E-state index in [9.17, 15) is 9.59 Å². The van der Waals surface area contributed by atoms with E-state index in [2.05, 4.69) is 25.7 Å². The Labute approximate surface area is 140 Å². The fourth-order valence-corrected chi connectivity index (χ4v) is 3.39. The van der Waals surface area contributed by atoms with Crippen molar-refractivity contribution in [1.29, 1.82) is 0 Å². The minimum atomic E-state index is -0.433. The Morgan fingerprint density at radius 1 is 1.38 bits per heavy atom. The van der Waals surface area contributed by atoms with Crippen LogP contribution in [0.2, 0.25) is 0 Å². The number of benzene rings is 1. The average molecular weight is 342 g/mol. The molecular formula is C15H14N6O2S. The van der Waals surface area contributed by atoms with Gasteiger partial charge in [-0.15, -0.1) is 10.2 Å². The van der Waals surface area contributed by atoms with E-state index in [1.165, 1.54) is 11.3 Å². The standard InChI is InChI=1S/C15H14N6O2S/c1-8-17-20-15(24-8)16-14(23)9-6-12(22)21(7-9)13-10-4-2-3-5-11(10)18-19-13/h2-5,9H,6-7H2,1H3,(H,18,19)(H,16,20,23). The molecule has 0 aliphatic carbocycles. The number of rotatable bonds is 3. The van der Waals surface area contributed by atoms with Gasteiger partial charge in [0.1, 0.15) is 5.01 Å². The first-order valence-corrected chi connectivity index (χ1v) is 8.28. The predicted octanol–water partition coefficient (Wildman–Crippen LogP) is 1.71. The number of nitrogens with one attached hydrogen (secondary N) is 2. The van der Waals surface area contributed by atoms with Crippen molar-refractivity contribution in [2.75, 3.05) is 16.8 Å². The predicted molar refractivity (Wildman–Crippen MR) is 89.8 cm³/mol. The van der Waals surface area contributed by atoms with Crippen LogP contribution < -0.4 is 10.2 Å². The normalized spacial score (nSPS) is 17.6. The lowest BCUT2D eigenvalue weighted by Gasteiger charge is -2.13. The van der Waals surface area contributed by atoms with E-state index in [-0.39, 0.29) is 18.2 Å². The van der Waals surface area contributed by atoms with Crippen LogP contribution in [0.15, 0.2) is 24.3 Å². The third-order valence-corrected chi connectivity index (χ3v) is 4.71. The summed E-state index contributed by atoms with van der Waals surface area (Å²) >= 11 is 1.31. The van der Waals surface area contributed by atoms with Crippen LogP contribution in [0.5, 0.6) is 0 Å². The van der Waals surface area contributed by atoms with E-state index in [1.807, 2.05) is 31.2 Å². The van der Waals surface area contributed by atoms with E-state index in [0.29, 0.717) is 17.5 Å². The SMILES string of the molecule is Cc1nnc(NC(=O)C2CC(=O)N(c3n[nH]c4ccccc34)C2)s1. The van der Waals surface area contributed by atoms with Crippen LogP contribution >= 0.6 is 11.3 Å². The second-order valence-electron chi connectivity index (χ2n) is 5.61. The molecule has 8 nitrogen and oxygen atoms in total. The summed E-state index contributed by atoms with van der Waals surface area (Å²) in [6.45, 7) is 2.12. The Kier molecular flexibility index (Phi) is 3.49. The third kappa shape index (κ3) is 2.52. The van der Waals surface area contributed by atoms with Gasteiger partial charge >= 0.3 is 0 Å². The quantitative estimate of drug-likeness (QED) is 0.754. The number of carbonyl (C=O) groups excluding carboxylic acids is 2. The molecule has 122 valence electrons. The summed E-state index contributed by atoms with van der Waals surface area (Å²) in [6, 6.07) is 7.59. The largest absolute Gasteiger partial charge is 0.300 e. The first-order valence-electron chi connectivity index (χ1n) is 7.46. The number of aryl methyl sites for hydroxylation is 1. The molecule has 2 amide bonds. The summed E-state index contributed by atoms with van der Waals surface area (Å²) in [6.07, 6.45) is 0.158. The van der Waals surface area contributed by atoms with Gasteiger partial charge in [-0.3, -0.25) is 19.6 Å². The zero-order valence-electron chi connectivity index (χ0n) is 12.8. The molecule has 1 saturated heterocycles. The van der Waals surface area contributed by atoms with Gasteiger partial charge in [-0.05, 0) is 19.1 Å². The molecule has 3 heterocycles. The van der Waals surface area contributed by atoms with Crippen LogP contribution in [0.3, 0.4) is 0 Å². The molecule has 0 bridgehead atoms. The Morgan fingerprint density at radius 2 is 2.21 bits per heavy atom. The van der Waals surface area contributed by atoms with Gasteiger partial charge in [-0.2, -0.15) is 5.10 Å². The van der Waals surface area contributed by atoms with Crippen molar-refractivity contribution in [3.8, 4) is 0 Å². The number of aromatic amines is 1. The highest BCUT2D eigenvalue weighted by atomic mass is 32.1. The van der Waals surface area contributed by atoms with Crippen LogP contribution in [0, 0.1) is 12.8 Å². The number of fused-ring (bicyclic) bond motifs is 1. The molecule has 1 fully saturated rings. The van der Waals surface area contributed by atoms with Crippen molar-refractivity contribution < 1.29 is 9.59 Å². The fraction of sp³-hybridized carbons (Fsp3) is 0.267. The molecule has 3 aromatic rings. The topological polar surface area (TPSA) is 104 Å². The van der Waals surface area contributed by atoms with Gasteiger partial charge in [0, 0.05) is 18.4 Å². The summed E-state index contributed by atoms with van der Waals surface area (Å²) in [5.74, 6) is -0.197. The molecular weight excluding hydrogens is 328 g/mol. The smallest absolute Gasteiger partial charge is 0.231 e. The molecule has 1 atom stereocenters. The molecule has 1 aromatic carbocycles. The van der Waals surface area contributed by atoms with E-state index in [0.717, 1.165) is 15.9 Å². The number of para-hydroxylation sites is 1. The zero-order valence-corrected chi connectivity index (χ0v) is 13.6. The minimum absolute atomic E-state index is 0.110. The van der Waals surface area contributed by atoms with Gasteiger partial charge in [-0.25, -0.2) is 0 Å². The zero-order chi connectivity index (χ0) is 16.7. The maximum Gasteiger partial charge on any atom is 0.231 e. The highest BCUT2D eigenvalue weighted by molar-refractivity contribution is 7.15. The number of H-pyrrole nitrogens is 1. The number of amides is 2. The van der Waals surface area contributed by atoms with E-state index < -0.39 is 5.92 Å². The Morgan fingerprint density at radius 3 is 3.00 bits per heavy atom. The summed E-state index contributed by atoms with van der Waals surface area (Å²) in [5, 5.41) is 19.7. The lowest BCUT2D eigenvalue weighted by molar-refractivity contribution is -0.122. The van der Waals surface area contributed by atoms with Crippen LogP contribution in [0.1, 0.15) is 11.4 Å². The molecule has 1 aliphatic heterocycles. The number of nitrogens with zero attached hydrogens (tertiary/aromatic N) is 4. The van der Waals surface area contributed by atoms with Crippen molar-refractivity contribution >= 4 is 45.0 Å². The van der Waals surface area contributed by atoms with Crippen LogP contribution in [0.4, 0.5) is 10.9 Å². The van der Waals surface area contributed by atoms with Crippen molar-refractivity contribution in [3.05, 3.63) is 29.3 Å². The second kappa shape index (κ2) is 5.68. The highest BCUT2D eigenvalue weighted by Gasteiger charge is 2.37. The van der Waals surface area contributed by atoms with Gasteiger partial charge in [0.15, 0.2) is 5.82 Å². The molecule has 2 aromatic heterocycles. The highest BCUT2D eigenvalue weighted by Crippen LogP contribution is 2.30. The van der Waals surface area contributed by atoms with Gasteiger partial charge in [0.25, 0.3) is 0 Å². The summed E-state index contributed by atoms with van der Waals surface area (Å²) in [5.41, 5.74) is 0.859. The van der Waals surface area contributed by atoms with Crippen LogP contribution in [-0.4, -0.2) is 38.8 Å². The molecule has 1 aliphatic rings. The molecule has 4 rings (SSSR count). The van der Waals surface area contributed by atoms with E-state index in [4.69, 9.17) is 0 Å². The number of hydrogen-bond donors (Lipinski definition) is 2. The van der Waals surface area contributed by atoms with Crippen LogP contribution in [0.25, 0.3) is 10.9 Å². The Bertz CT molecular complexity index is 933. The molecule has 2 N–H and O–H groups in total. The number of anilines is 2. The molecule has 1 unspecified atom stereocenters. The lowest BCUT2D eigenvalue weighted by atomic mass is 10.1. The molecule has 0 saturated carbocycles. The first kappa shape index (κ1) is 14.8. The van der Waals surface area contributed by atoms with Gasteiger partial charge in [-0.1, -0.05) is 23.5 Å². The summed E-state index contributed by atoms with van der Waals surface area (Å²) in [7, 11) is 0. The second-order valence-corrected chi connectivity index (χ2v) is 6.80. The number of carbonyl (C=O) groups is 2. The molecule has 24 heavy (non-hydrogen) atoms. The summed E-state index contributed by atoms with van der Waals surface area (Å²) < 4.78 is 0. The van der Waals surface area contributed by atoms with Crippen molar-refractivity contribution in [2.24, 2.45) is 5.92 Å². The Balaban J connectivity index is 1.53. The van der Waals surface area contributed by atoms with Crippen molar-refractivity contribution in [3.63, 3.8) is 0 Å². The van der Waals surface area contributed by atoms with E-state index >= 15 is 0 Å². The first-order chi connectivity index (χ1) is 11.6. The third-order valence-electron chi connectivity index (χ3n) is 3.96. The minimum Gasteiger partial charge on any atom is -0.300 e. The lowest BCUT2D eigenvalue weighted by Crippen LogP contribution is -2.28. The van der Waals surface area contributed by atoms with Gasteiger partial charge < -0.3 is 5.32 Å². The number of hydrogen-bond acceptors (Lipinski definition) is 6. The maximum absolute atomic E-state index is 12.4. The Hall–Kier alpha value is -2.81. The van der Waals surface area contributed by atoms with Crippen LogP contribution in [-0.2, 0) is 9.59 Å². The van der Waals surface area contributed by atoms with E-state index in [1.54, 1.807) is 4.90 Å². The van der Waals surface area contributed by atoms with Gasteiger partial charge in [0.05, 0.1) is 11.4 Å². The monoisotopic (exact) mass is 342 g/mol. The molecule has 9 heteroatoms. The number of aromatic nitrogens is 4. The average Bonchev–Trinajstić information content (AvgIpc) is 3.26. The van der Waals surface area contributed by atoms with Crippen molar-refractivity contribution in [1.82, 2.24) is 20.4 Å². The maximum atomic E-state index is 12.4. The molecule has 0 spiro atoms. The summed E-state index contributed by atoms with van der Waals surface area (Å²) in [4.78, 5) is 26.3. The molecule has 0 radical (unpaired) electrons. The fourth-order valence-electron chi connectivity index (χ4n) is 2.80. The van der Waals surface area contributed by atoms with Gasteiger partial charge in [0.2, 0.25) is 16.9 Å².